The molecule has 0 unspecified atom stereocenters. The standard InChI is InChI=1S/C19H22FN5O/c1-12-16-17(24(3)23-12)21-13(2)22-18(16)25-10-8-19(26,9-11-25)14-4-6-15(20)7-5-14/h4-7,26H,8-11H2,1-3H3. The molecule has 136 valence electrons. The molecular weight excluding hydrogens is 333 g/mol. The third kappa shape index (κ3) is 2.72. The predicted octanol–water partition coefficient (Wildman–Crippen LogP) is 2.61. The van der Waals surface area contributed by atoms with Crippen LogP contribution >= 0.6 is 0 Å². The maximum absolute atomic E-state index is 13.2. The topological polar surface area (TPSA) is 67.1 Å². The largest absolute Gasteiger partial charge is 0.385 e. The second kappa shape index (κ2) is 6.02. The van der Waals surface area contributed by atoms with Gasteiger partial charge in [-0.15, -0.1) is 0 Å². The van der Waals surface area contributed by atoms with Gasteiger partial charge >= 0.3 is 0 Å². The van der Waals surface area contributed by atoms with Gasteiger partial charge in [0.05, 0.1) is 16.7 Å². The summed E-state index contributed by atoms with van der Waals surface area (Å²) in [5.41, 5.74) is 1.55. The van der Waals surface area contributed by atoms with E-state index in [0.717, 1.165) is 28.1 Å². The van der Waals surface area contributed by atoms with Gasteiger partial charge in [0.1, 0.15) is 17.5 Å². The molecule has 1 aliphatic rings. The van der Waals surface area contributed by atoms with Gasteiger partial charge in [-0.3, -0.25) is 4.68 Å². The fourth-order valence-electron chi connectivity index (χ4n) is 3.79. The zero-order valence-corrected chi connectivity index (χ0v) is 15.2. The Morgan fingerprint density at radius 1 is 1.08 bits per heavy atom. The Morgan fingerprint density at radius 3 is 2.38 bits per heavy atom. The van der Waals surface area contributed by atoms with Gasteiger partial charge in [-0.1, -0.05) is 12.1 Å². The molecule has 7 heteroatoms. The fraction of sp³-hybridized carbons (Fsp3) is 0.421. The molecule has 0 amide bonds. The summed E-state index contributed by atoms with van der Waals surface area (Å²) in [6.07, 6.45) is 1.12. The van der Waals surface area contributed by atoms with Crippen LogP contribution in [-0.2, 0) is 12.6 Å². The average Bonchev–Trinajstić information content (AvgIpc) is 2.89. The molecular formula is C19H22FN5O. The van der Waals surface area contributed by atoms with Crippen LogP contribution in [0.1, 0.15) is 29.9 Å². The SMILES string of the molecule is Cc1nc(N2CCC(O)(c3ccc(F)cc3)CC2)c2c(C)nn(C)c2n1. The zero-order valence-electron chi connectivity index (χ0n) is 15.2. The predicted molar refractivity (Wildman–Crippen MR) is 97.5 cm³/mol. The van der Waals surface area contributed by atoms with Crippen molar-refractivity contribution in [1.29, 1.82) is 0 Å². The molecule has 3 aromatic rings. The van der Waals surface area contributed by atoms with Gasteiger partial charge < -0.3 is 10.0 Å². The number of rotatable bonds is 2. The first-order valence-corrected chi connectivity index (χ1v) is 8.79. The van der Waals surface area contributed by atoms with Gasteiger partial charge in [0.25, 0.3) is 0 Å². The first kappa shape index (κ1) is 16.9. The molecule has 0 saturated carbocycles. The van der Waals surface area contributed by atoms with Crippen LogP contribution in [0.2, 0.25) is 0 Å². The minimum absolute atomic E-state index is 0.291. The quantitative estimate of drug-likeness (QED) is 0.765. The molecule has 26 heavy (non-hydrogen) atoms. The molecule has 1 fully saturated rings. The first-order chi connectivity index (χ1) is 12.4. The lowest BCUT2D eigenvalue weighted by molar-refractivity contribution is 0.0116. The fourth-order valence-corrected chi connectivity index (χ4v) is 3.79. The van der Waals surface area contributed by atoms with E-state index in [2.05, 4.69) is 20.0 Å². The van der Waals surface area contributed by atoms with Crippen LogP contribution in [-0.4, -0.2) is 37.9 Å². The molecule has 0 aliphatic carbocycles. The molecule has 1 aliphatic heterocycles. The van der Waals surface area contributed by atoms with Gasteiger partial charge in [-0.25, -0.2) is 14.4 Å². The van der Waals surface area contributed by atoms with Gasteiger partial charge in [-0.2, -0.15) is 5.10 Å². The smallest absolute Gasteiger partial charge is 0.163 e. The highest BCUT2D eigenvalue weighted by molar-refractivity contribution is 5.90. The Balaban J connectivity index is 1.64. The molecule has 0 bridgehead atoms. The lowest BCUT2D eigenvalue weighted by Gasteiger charge is -2.39. The Hall–Kier alpha value is -2.54. The van der Waals surface area contributed by atoms with Gasteiger partial charge in [0.15, 0.2) is 5.65 Å². The van der Waals surface area contributed by atoms with Crippen LogP contribution in [0.3, 0.4) is 0 Å². The number of nitrogens with zero attached hydrogens (tertiary/aromatic N) is 5. The van der Waals surface area contributed by atoms with Gasteiger partial charge in [0, 0.05) is 20.1 Å². The van der Waals surface area contributed by atoms with Crippen molar-refractivity contribution < 1.29 is 9.50 Å². The average molecular weight is 355 g/mol. The highest BCUT2D eigenvalue weighted by Crippen LogP contribution is 2.36. The van der Waals surface area contributed by atoms with Crippen molar-refractivity contribution in [2.75, 3.05) is 18.0 Å². The second-order valence-corrected chi connectivity index (χ2v) is 7.03. The minimum Gasteiger partial charge on any atom is -0.385 e. The summed E-state index contributed by atoms with van der Waals surface area (Å²) in [4.78, 5) is 11.4. The van der Waals surface area contributed by atoms with E-state index in [1.807, 2.05) is 20.9 Å². The number of piperidine rings is 1. The number of fused-ring (bicyclic) bond motifs is 1. The maximum Gasteiger partial charge on any atom is 0.163 e. The van der Waals surface area contributed by atoms with E-state index in [0.29, 0.717) is 31.8 Å². The van der Waals surface area contributed by atoms with E-state index in [1.54, 1.807) is 16.8 Å². The van der Waals surface area contributed by atoms with E-state index in [-0.39, 0.29) is 5.82 Å². The van der Waals surface area contributed by atoms with Crippen LogP contribution in [0.25, 0.3) is 11.0 Å². The molecule has 3 heterocycles. The Labute approximate surface area is 151 Å². The van der Waals surface area contributed by atoms with Crippen LogP contribution < -0.4 is 4.90 Å². The number of aromatic nitrogens is 4. The lowest BCUT2D eigenvalue weighted by atomic mass is 9.84. The van der Waals surface area contributed by atoms with Crippen molar-refractivity contribution in [3.8, 4) is 0 Å². The highest BCUT2D eigenvalue weighted by atomic mass is 19.1. The molecule has 1 saturated heterocycles. The summed E-state index contributed by atoms with van der Waals surface area (Å²) < 4.78 is 15.0. The van der Waals surface area contributed by atoms with Gasteiger partial charge in [-0.05, 0) is 44.4 Å². The summed E-state index contributed by atoms with van der Waals surface area (Å²) in [7, 11) is 1.88. The molecule has 0 radical (unpaired) electrons. The van der Waals surface area contributed by atoms with Crippen molar-refractivity contribution in [1.82, 2.24) is 19.7 Å². The van der Waals surface area contributed by atoms with Crippen LogP contribution in [0.15, 0.2) is 24.3 Å². The zero-order chi connectivity index (χ0) is 18.5. The van der Waals surface area contributed by atoms with Crippen LogP contribution in [0.4, 0.5) is 10.2 Å². The van der Waals surface area contributed by atoms with Crippen LogP contribution in [0, 0.1) is 19.7 Å². The van der Waals surface area contributed by atoms with Crippen molar-refractivity contribution in [2.45, 2.75) is 32.3 Å². The second-order valence-electron chi connectivity index (χ2n) is 7.03. The normalized spacial score (nSPS) is 17.0. The molecule has 1 aromatic carbocycles. The molecule has 0 atom stereocenters. The van der Waals surface area contributed by atoms with Crippen molar-refractivity contribution in [3.05, 3.63) is 47.2 Å². The number of halogens is 1. The van der Waals surface area contributed by atoms with E-state index < -0.39 is 5.60 Å². The van der Waals surface area contributed by atoms with Crippen LogP contribution in [0.5, 0.6) is 0 Å². The first-order valence-electron chi connectivity index (χ1n) is 8.79. The molecule has 4 rings (SSSR count). The summed E-state index contributed by atoms with van der Waals surface area (Å²) in [6, 6.07) is 6.14. The van der Waals surface area contributed by atoms with Crippen molar-refractivity contribution in [2.24, 2.45) is 7.05 Å². The lowest BCUT2D eigenvalue weighted by Crippen LogP contribution is -2.43. The third-order valence-corrected chi connectivity index (χ3v) is 5.22. The number of hydrogen-bond donors (Lipinski definition) is 1. The number of aliphatic hydroxyl groups is 1. The van der Waals surface area contributed by atoms with Crippen molar-refractivity contribution >= 4 is 16.9 Å². The van der Waals surface area contributed by atoms with Gasteiger partial charge in [0.2, 0.25) is 0 Å². The number of anilines is 1. The molecule has 0 spiro atoms. The number of hydrogen-bond acceptors (Lipinski definition) is 5. The maximum atomic E-state index is 13.2. The monoisotopic (exact) mass is 355 g/mol. The van der Waals surface area contributed by atoms with E-state index in [1.165, 1.54) is 12.1 Å². The van der Waals surface area contributed by atoms with Crippen molar-refractivity contribution in [3.63, 3.8) is 0 Å². The van der Waals surface area contributed by atoms with E-state index in [9.17, 15) is 9.50 Å². The van der Waals surface area contributed by atoms with E-state index in [4.69, 9.17) is 0 Å². The molecule has 6 nitrogen and oxygen atoms in total. The Kier molecular flexibility index (Phi) is 3.91. The molecule has 2 aromatic heterocycles. The van der Waals surface area contributed by atoms with E-state index >= 15 is 0 Å². The number of benzene rings is 1. The summed E-state index contributed by atoms with van der Waals surface area (Å²) in [5, 5.41) is 16.5. The molecule has 1 N–H and O–H groups in total. The number of aryl methyl sites for hydroxylation is 3. The summed E-state index contributed by atoms with van der Waals surface area (Å²) in [5.74, 6) is 1.29. The highest BCUT2D eigenvalue weighted by Gasteiger charge is 2.35. The Bertz CT molecular complexity index is 958. The summed E-state index contributed by atoms with van der Waals surface area (Å²) >= 11 is 0. The third-order valence-electron chi connectivity index (χ3n) is 5.22. The minimum atomic E-state index is -0.935. The Morgan fingerprint density at radius 2 is 1.73 bits per heavy atom. The summed E-state index contributed by atoms with van der Waals surface area (Å²) in [6.45, 7) is 5.16.